The minimum absolute atomic E-state index is 0.148. The number of ether oxygens (including phenoxy) is 4. The molecule has 30 heavy (non-hydrogen) atoms. The fraction of sp³-hybridized carbons (Fsp3) is 0.556. The van der Waals surface area contributed by atoms with Crippen molar-refractivity contribution in [2.24, 2.45) is 0 Å². The van der Waals surface area contributed by atoms with Gasteiger partial charge in [0.05, 0.1) is 26.4 Å². The van der Waals surface area contributed by atoms with Gasteiger partial charge in [-0.2, -0.15) is 0 Å². The topological polar surface area (TPSA) is 141 Å². The van der Waals surface area contributed by atoms with Crippen molar-refractivity contribution in [3.63, 3.8) is 0 Å². The molecular formula is C18H28IN3O8. The number of carbonyl (C=O) groups is 4. The van der Waals surface area contributed by atoms with Crippen LogP contribution in [0.1, 0.15) is 6.92 Å². The van der Waals surface area contributed by atoms with Crippen LogP contribution in [0.3, 0.4) is 0 Å². The third-order valence-electron chi connectivity index (χ3n) is 3.23. The molecule has 0 spiro atoms. The van der Waals surface area contributed by atoms with Crippen LogP contribution in [0.5, 0.6) is 0 Å². The van der Waals surface area contributed by atoms with Gasteiger partial charge in [-0.1, -0.05) is 13.2 Å². The molecule has 0 bridgehead atoms. The summed E-state index contributed by atoms with van der Waals surface area (Å²) >= 11 is 1.64. The fourth-order valence-corrected chi connectivity index (χ4v) is 2.06. The molecule has 12 heteroatoms. The Labute approximate surface area is 189 Å². The van der Waals surface area contributed by atoms with Crippen molar-refractivity contribution in [2.45, 2.75) is 12.5 Å². The van der Waals surface area contributed by atoms with E-state index in [1.165, 1.54) is 0 Å². The number of hydrogen-bond acceptors (Lipinski definition) is 8. The summed E-state index contributed by atoms with van der Waals surface area (Å²) in [5.41, 5.74) is -1.16. The highest BCUT2D eigenvalue weighted by Crippen LogP contribution is 2.07. The quantitative estimate of drug-likeness (QED) is 0.0647. The predicted octanol–water partition coefficient (Wildman–Crippen LogP) is 0.681. The number of rotatable bonds is 16. The summed E-state index contributed by atoms with van der Waals surface area (Å²) in [6.45, 7) is 9.60. The molecule has 0 aromatic heterocycles. The first kappa shape index (κ1) is 27.8. The molecule has 0 fully saturated rings. The molecule has 170 valence electrons. The van der Waals surface area contributed by atoms with E-state index < -0.39 is 23.5 Å². The van der Waals surface area contributed by atoms with E-state index in [4.69, 9.17) is 18.9 Å². The lowest BCUT2D eigenvalue weighted by atomic mass is 10.1. The SMILES string of the molecule is C=CC(=O)OCC(C)(COC(=O)C=C)NC(=O)NCCOCCOCCNC(=O)I. The molecule has 0 atom stereocenters. The van der Waals surface area contributed by atoms with Gasteiger partial charge < -0.3 is 34.9 Å². The number of carbonyl (C=O) groups excluding carboxylic acids is 4. The maximum Gasteiger partial charge on any atom is 0.330 e. The van der Waals surface area contributed by atoms with Crippen LogP contribution in [0.15, 0.2) is 25.3 Å². The molecule has 0 saturated heterocycles. The Kier molecular flexibility index (Phi) is 15.4. The summed E-state index contributed by atoms with van der Waals surface area (Å²) < 4.78 is 20.3. The second kappa shape index (κ2) is 16.6. The highest BCUT2D eigenvalue weighted by Gasteiger charge is 2.30. The van der Waals surface area contributed by atoms with E-state index in [0.717, 1.165) is 12.2 Å². The van der Waals surface area contributed by atoms with Crippen LogP contribution in [0, 0.1) is 0 Å². The summed E-state index contributed by atoms with van der Waals surface area (Å²) in [5, 5.41) is 7.77. The van der Waals surface area contributed by atoms with Crippen molar-refractivity contribution < 1.29 is 38.1 Å². The molecule has 0 radical (unpaired) electrons. The second-order valence-corrected chi connectivity index (χ2v) is 6.97. The Balaban J connectivity index is 4.14. The minimum Gasteiger partial charge on any atom is -0.460 e. The maximum atomic E-state index is 12.1. The first-order chi connectivity index (χ1) is 14.2. The molecule has 0 aliphatic carbocycles. The van der Waals surface area contributed by atoms with Crippen LogP contribution < -0.4 is 16.0 Å². The molecule has 3 N–H and O–H groups in total. The summed E-state index contributed by atoms with van der Waals surface area (Å²) in [7, 11) is 0. The van der Waals surface area contributed by atoms with Gasteiger partial charge in [0, 0.05) is 47.8 Å². The molecule has 3 amide bonds. The van der Waals surface area contributed by atoms with Gasteiger partial charge in [-0.05, 0) is 6.92 Å². The van der Waals surface area contributed by atoms with E-state index in [1.807, 2.05) is 0 Å². The predicted molar refractivity (Wildman–Crippen MR) is 116 cm³/mol. The van der Waals surface area contributed by atoms with Crippen molar-refractivity contribution in [3.8, 4) is 0 Å². The Morgan fingerprint density at radius 2 is 1.33 bits per heavy atom. The largest absolute Gasteiger partial charge is 0.460 e. The van der Waals surface area contributed by atoms with Gasteiger partial charge in [0.1, 0.15) is 18.8 Å². The molecule has 0 saturated carbocycles. The molecule has 0 aliphatic rings. The van der Waals surface area contributed by atoms with E-state index in [-0.39, 0.29) is 30.3 Å². The molecule has 0 heterocycles. The number of amides is 3. The summed E-state index contributed by atoms with van der Waals surface area (Å²) in [6.07, 6.45) is 1.97. The number of urea groups is 1. The lowest BCUT2D eigenvalue weighted by Crippen LogP contribution is -2.56. The van der Waals surface area contributed by atoms with E-state index >= 15 is 0 Å². The highest BCUT2D eigenvalue weighted by atomic mass is 127. The Hall–Kier alpha value is -2.19. The van der Waals surface area contributed by atoms with Crippen LogP contribution in [0.4, 0.5) is 9.59 Å². The lowest BCUT2D eigenvalue weighted by Gasteiger charge is -2.29. The molecular weight excluding hydrogens is 513 g/mol. The Morgan fingerprint density at radius 1 is 0.867 bits per heavy atom. The smallest absolute Gasteiger partial charge is 0.330 e. The van der Waals surface area contributed by atoms with Crippen molar-refractivity contribution in [3.05, 3.63) is 25.3 Å². The Morgan fingerprint density at radius 3 is 1.77 bits per heavy atom. The van der Waals surface area contributed by atoms with E-state index in [1.54, 1.807) is 29.5 Å². The van der Waals surface area contributed by atoms with Gasteiger partial charge in [-0.3, -0.25) is 4.79 Å². The van der Waals surface area contributed by atoms with Crippen molar-refractivity contribution >= 4 is 44.5 Å². The monoisotopic (exact) mass is 541 g/mol. The fourth-order valence-electron chi connectivity index (χ4n) is 1.79. The van der Waals surface area contributed by atoms with Crippen molar-refractivity contribution in [1.29, 1.82) is 0 Å². The molecule has 0 unspecified atom stereocenters. The first-order valence-electron chi connectivity index (χ1n) is 8.95. The van der Waals surface area contributed by atoms with Gasteiger partial charge in [0.2, 0.25) is 0 Å². The van der Waals surface area contributed by atoms with Gasteiger partial charge in [-0.25, -0.2) is 14.4 Å². The molecule has 0 aliphatic heterocycles. The highest BCUT2D eigenvalue weighted by molar-refractivity contribution is 14.1. The van der Waals surface area contributed by atoms with Gasteiger partial charge >= 0.3 is 18.0 Å². The van der Waals surface area contributed by atoms with Crippen LogP contribution in [0.25, 0.3) is 0 Å². The van der Waals surface area contributed by atoms with Crippen LogP contribution >= 0.6 is 22.6 Å². The summed E-state index contributed by atoms with van der Waals surface area (Å²) in [6, 6.07) is -0.559. The molecule has 0 aromatic carbocycles. The average molecular weight is 541 g/mol. The van der Waals surface area contributed by atoms with E-state index in [9.17, 15) is 19.2 Å². The number of esters is 2. The van der Waals surface area contributed by atoms with Gasteiger partial charge in [0.15, 0.2) is 0 Å². The van der Waals surface area contributed by atoms with Crippen LogP contribution in [-0.4, -0.2) is 80.2 Å². The van der Waals surface area contributed by atoms with Crippen LogP contribution in [-0.2, 0) is 28.5 Å². The zero-order chi connectivity index (χ0) is 22.8. The van der Waals surface area contributed by atoms with Gasteiger partial charge in [0.25, 0.3) is 3.91 Å². The number of hydrogen-bond donors (Lipinski definition) is 3. The molecule has 0 aromatic rings. The third kappa shape index (κ3) is 15.7. The normalized spacial score (nSPS) is 10.5. The van der Waals surface area contributed by atoms with Crippen molar-refractivity contribution in [1.82, 2.24) is 16.0 Å². The zero-order valence-corrected chi connectivity index (χ0v) is 19.0. The number of halogens is 1. The Bertz CT molecular complexity index is 576. The summed E-state index contributed by atoms with van der Waals surface area (Å²) in [5.74, 6) is -1.35. The molecule has 11 nitrogen and oxygen atoms in total. The second-order valence-electron chi connectivity index (χ2n) is 5.99. The third-order valence-corrected chi connectivity index (χ3v) is 3.61. The molecule has 0 rings (SSSR count). The maximum absolute atomic E-state index is 12.1. The first-order valence-corrected chi connectivity index (χ1v) is 10.0. The van der Waals surface area contributed by atoms with Crippen LogP contribution in [0.2, 0.25) is 0 Å². The minimum atomic E-state index is -1.16. The summed E-state index contributed by atoms with van der Waals surface area (Å²) in [4.78, 5) is 45.3. The van der Waals surface area contributed by atoms with Gasteiger partial charge in [-0.15, -0.1) is 0 Å². The number of nitrogens with one attached hydrogen (secondary N) is 3. The van der Waals surface area contributed by atoms with Crippen molar-refractivity contribution in [2.75, 3.05) is 52.7 Å². The zero-order valence-electron chi connectivity index (χ0n) is 16.9. The standard InChI is InChI=1S/C18H28IN3O8/c1-4-14(23)29-12-18(3,13-30-15(24)5-2)22-17(26)21-7-9-28-11-10-27-8-6-20-16(19)25/h4-5H,1-2,6-13H2,3H3,(H,20,25)(H2,21,22,26). The lowest BCUT2D eigenvalue weighted by molar-refractivity contribution is -0.144. The average Bonchev–Trinajstić information content (AvgIpc) is 2.71. The van der Waals surface area contributed by atoms with E-state index in [0.29, 0.717) is 26.4 Å². The van der Waals surface area contributed by atoms with E-state index in [2.05, 4.69) is 29.1 Å².